The molecule has 22 heavy (non-hydrogen) atoms. The second-order valence-corrected chi connectivity index (χ2v) is 5.04. The highest BCUT2D eigenvalue weighted by Gasteiger charge is 2.43. The molecule has 0 aliphatic carbocycles. The number of para-hydroxylation sites is 1. The number of rotatable bonds is 4. The molecule has 0 unspecified atom stereocenters. The van der Waals surface area contributed by atoms with Gasteiger partial charge in [-0.15, -0.1) is 0 Å². The summed E-state index contributed by atoms with van der Waals surface area (Å²) in [6.07, 6.45) is -5.10. The van der Waals surface area contributed by atoms with Crippen molar-refractivity contribution in [3.63, 3.8) is 0 Å². The second-order valence-electron chi connectivity index (χ2n) is 5.04. The molecule has 1 aromatic carbocycles. The number of amides is 2. The number of phenols is 2. The lowest BCUT2D eigenvalue weighted by Gasteiger charge is -2.25. The molecule has 122 valence electrons. The van der Waals surface area contributed by atoms with Gasteiger partial charge in [-0.25, -0.2) is 0 Å². The van der Waals surface area contributed by atoms with E-state index in [4.69, 9.17) is 0 Å². The summed E-state index contributed by atoms with van der Waals surface area (Å²) >= 11 is 0. The normalized spacial score (nSPS) is 11.9. The number of alkyl halides is 3. The van der Waals surface area contributed by atoms with Crippen LogP contribution in [0.5, 0.6) is 11.5 Å². The molecule has 9 heteroatoms. The van der Waals surface area contributed by atoms with Gasteiger partial charge < -0.3 is 20.8 Å². The standard InChI is InChI=1S/C13H15F3N2O4/c1-12(2,18-11(22)13(14,15)16)10(21)17-6-7-4-3-5-8(19)9(7)20/h3-5,19-20H,6H2,1-2H3,(H,17,21)(H,18,22). The van der Waals surface area contributed by atoms with Crippen LogP contribution >= 0.6 is 0 Å². The molecule has 0 radical (unpaired) electrons. The molecule has 0 heterocycles. The van der Waals surface area contributed by atoms with Gasteiger partial charge in [-0.1, -0.05) is 12.1 Å². The van der Waals surface area contributed by atoms with Crippen molar-refractivity contribution < 1.29 is 33.0 Å². The number of benzene rings is 1. The van der Waals surface area contributed by atoms with Gasteiger partial charge in [0, 0.05) is 12.1 Å². The molecule has 0 saturated heterocycles. The minimum absolute atomic E-state index is 0.172. The molecule has 0 aliphatic rings. The monoisotopic (exact) mass is 320 g/mol. The quantitative estimate of drug-likeness (QED) is 0.626. The van der Waals surface area contributed by atoms with Crippen LogP contribution in [-0.4, -0.2) is 33.7 Å². The SMILES string of the molecule is CC(C)(NC(=O)C(F)(F)F)C(=O)NCc1cccc(O)c1O. The molecule has 0 atom stereocenters. The third-order valence-electron chi connectivity index (χ3n) is 2.79. The summed E-state index contributed by atoms with van der Waals surface area (Å²) in [7, 11) is 0. The number of nitrogens with one attached hydrogen (secondary N) is 2. The first kappa shape index (κ1) is 17.6. The first-order valence-electron chi connectivity index (χ1n) is 6.12. The van der Waals surface area contributed by atoms with Gasteiger partial charge in [-0.3, -0.25) is 9.59 Å². The molecule has 2 amide bonds. The van der Waals surface area contributed by atoms with Gasteiger partial charge in [-0.05, 0) is 19.9 Å². The Kier molecular flexibility index (Phi) is 4.90. The average molecular weight is 320 g/mol. The van der Waals surface area contributed by atoms with Crippen molar-refractivity contribution >= 4 is 11.8 Å². The van der Waals surface area contributed by atoms with Gasteiger partial charge >= 0.3 is 12.1 Å². The molecule has 0 saturated carbocycles. The van der Waals surface area contributed by atoms with Gasteiger partial charge in [0.05, 0.1) is 0 Å². The first-order valence-corrected chi connectivity index (χ1v) is 6.12. The molecule has 0 bridgehead atoms. The highest BCUT2D eigenvalue weighted by molar-refractivity contribution is 5.92. The summed E-state index contributed by atoms with van der Waals surface area (Å²) in [6.45, 7) is 1.98. The molecular formula is C13H15F3N2O4. The minimum atomic E-state index is -5.10. The van der Waals surface area contributed by atoms with Crippen LogP contribution in [-0.2, 0) is 16.1 Å². The Morgan fingerprint density at radius 2 is 1.73 bits per heavy atom. The van der Waals surface area contributed by atoms with E-state index in [1.54, 1.807) is 5.32 Å². The third-order valence-corrected chi connectivity index (χ3v) is 2.79. The van der Waals surface area contributed by atoms with E-state index in [1.807, 2.05) is 0 Å². The zero-order chi connectivity index (χ0) is 17.1. The van der Waals surface area contributed by atoms with Crippen molar-refractivity contribution in [2.24, 2.45) is 0 Å². The topological polar surface area (TPSA) is 98.7 Å². The molecule has 1 aromatic rings. The summed E-state index contributed by atoms with van der Waals surface area (Å²) < 4.78 is 36.6. The molecule has 4 N–H and O–H groups in total. The fourth-order valence-corrected chi connectivity index (χ4v) is 1.53. The molecular weight excluding hydrogens is 305 g/mol. The van der Waals surface area contributed by atoms with Crippen LogP contribution in [0.2, 0.25) is 0 Å². The highest BCUT2D eigenvalue weighted by Crippen LogP contribution is 2.28. The van der Waals surface area contributed by atoms with E-state index in [-0.39, 0.29) is 12.1 Å². The number of carbonyl (C=O) groups is 2. The predicted molar refractivity (Wildman–Crippen MR) is 69.9 cm³/mol. The Morgan fingerprint density at radius 3 is 2.27 bits per heavy atom. The molecule has 1 rings (SSSR count). The Bertz CT molecular complexity index is 585. The maximum atomic E-state index is 12.2. The lowest BCUT2D eigenvalue weighted by atomic mass is 10.0. The van der Waals surface area contributed by atoms with Crippen molar-refractivity contribution in [1.29, 1.82) is 0 Å². The van der Waals surface area contributed by atoms with Gasteiger partial charge in [0.15, 0.2) is 11.5 Å². The summed E-state index contributed by atoms with van der Waals surface area (Å²) in [5.41, 5.74) is -1.63. The predicted octanol–water partition coefficient (Wildman–Crippen LogP) is 1.17. The summed E-state index contributed by atoms with van der Waals surface area (Å²) in [5, 5.41) is 22.7. The lowest BCUT2D eigenvalue weighted by molar-refractivity contribution is -0.176. The fraction of sp³-hybridized carbons (Fsp3) is 0.385. The largest absolute Gasteiger partial charge is 0.504 e. The number of carbonyl (C=O) groups excluding carboxylic acids is 2. The number of phenolic OH excluding ortho intramolecular Hbond substituents is 2. The van der Waals surface area contributed by atoms with Crippen molar-refractivity contribution in [2.75, 3.05) is 0 Å². The van der Waals surface area contributed by atoms with E-state index >= 15 is 0 Å². The average Bonchev–Trinajstić information content (AvgIpc) is 2.38. The van der Waals surface area contributed by atoms with Crippen LogP contribution < -0.4 is 10.6 Å². The Balaban J connectivity index is 2.71. The van der Waals surface area contributed by atoms with E-state index in [9.17, 15) is 33.0 Å². The van der Waals surface area contributed by atoms with Gasteiger partial charge in [0.1, 0.15) is 5.54 Å². The maximum Gasteiger partial charge on any atom is 0.471 e. The van der Waals surface area contributed by atoms with Crippen molar-refractivity contribution in [1.82, 2.24) is 10.6 Å². The smallest absolute Gasteiger partial charge is 0.471 e. The Hall–Kier alpha value is -2.45. The van der Waals surface area contributed by atoms with Crippen molar-refractivity contribution in [2.45, 2.75) is 32.1 Å². The summed E-state index contributed by atoms with van der Waals surface area (Å²) in [5.74, 6) is -3.95. The van der Waals surface area contributed by atoms with Crippen LogP contribution in [0.4, 0.5) is 13.2 Å². The molecule has 0 aliphatic heterocycles. The zero-order valence-electron chi connectivity index (χ0n) is 11.8. The second kappa shape index (κ2) is 6.12. The van der Waals surface area contributed by atoms with Crippen molar-refractivity contribution in [3.8, 4) is 11.5 Å². The first-order chi connectivity index (χ1) is 9.95. The van der Waals surface area contributed by atoms with E-state index < -0.39 is 35.0 Å². The van der Waals surface area contributed by atoms with E-state index in [0.717, 1.165) is 13.8 Å². The molecule has 0 fully saturated rings. The lowest BCUT2D eigenvalue weighted by Crippen LogP contribution is -2.57. The Morgan fingerprint density at radius 1 is 1.14 bits per heavy atom. The number of halogens is 3. The van der Waals surface area contributed by atoms with Gasteiger partial charge in [-0.2, -0.15) is 13.2 Å². The minimum Gasteiger partial charge on any atom is -0.504 e. The van der Waals surface area contributed by atoms with E-state index in [1.165, 1.54) is 18.2 Å². The van der Waals surface area contributed by atoms with E-state index in [0.29, 0.717) is 0 Å². The van der Waals surface area contributed by atoms with Crippen LogP contribution in [0, 0.1) is 0 Å². The number of hydrogen-bond acceptors (Lipinski definition) is 4. The fourth-order valence-electron chi connectivity index (χ4n) is 1.53. The summed E-state index contributed by atoms with van der Waals surface area (Å²) in [4.78, 5) is 22.7. The van der Waals surface area contributed by atoms with Crippen LogP contribution in [0.25, 0.3) is 0 Å². The number of hydrogen-bond donors (Lipinski definition) is 4. The van der Waals surface area contributed by atoms with Crippen LogP contribution in [0.3, 0.4) is 0 Å². The molecule has 0 spiro atoms. The van der Waals surface area contributed by atoms with E-state index in [2.05, 4.69) is 5.32 Å². The zero-order valence-corrected chi connectivity index (χ0v) is 11.8. The molecule has 0 aromatic heterocycles. The van der Waals surface area contributed by atoms with Gasteiger partial charge in [0.2, 0.25) is 5.91 Å². The third kappa shape index (κ3) is 4.27. The highest BCUT2D eigenvalue weighted by atomic mass is 19.4. The molecule has 6 nitrogen and oxygen atoms in total. The summed E-state index contributed by atoms with van der Waals surface area (Å²) in [6, 6.07) is 4.07. The van der Waals surface area contributed by atoms with Crippen molar-refractivity contribution in [3.05, 3.63) is 23.8 Å². The van der Waals surface area contributed by atoms with Crippen LogP contribution in [0.1, 0.15) is 19.4 Å². The number of aromatic hydroxyl groups is 2. The van der Waals surface area contributed by atoms with Gasteiger partial charge in [0.25, 0.3) is 0 Å². The Labute approximate surface area is 123 Å². The van der Waals surface area contributed by atoms with Crippen LogP contribution in [0.15, 0.2) is 18.2 Å². The maximum absolute atomic E-state index is 12.2.